The van der Waals surface area contributed by atoms with Crippen LogP contribution < -0.4 is 5.32 Å². The van der Waals surface area contributed by atoms with Gasteiger partial charge < -0.3 is 5.32 Å². The second-order valence-electron chi connectivity index (χ2n) is 5.57. The first-order valence-electron chi connectivity index (χ1n) is 6.93. The third kappa shape index (κ3) is 2.58. The standard InChI is InChI=1S/C16H20N2S/c1-16(9-10-16)15-18-14(12-6-4-3-5-7-12)13(19-15)8-11-17-2/h3-7,17H,8-11H2,1-2H3. The van der Waals surface area contributed by atoms with Crippen molar-refractivity contribution in [2.75, 3.05) is 13.6 Å². The Labute approximate surface area is 118 Å². The molecule has 3 heteroatoms. The van der Waals surface area contributed by atoms with Gasteiger partial charge >= 0.3 is 0 Å². The Morgan fingerprint density at radius 3 is 2.63 bits per heavy atom. The molecule has 1 aromatic heterocycles. The molecule has 2 nitrogen and oxygen atoms in total. The summed E-state index contributed by atoms with van der Waals surface area (Å²) in [6, 6.07) is 10.6. The lowest BCUT2D eigenvalue weighted by Gasteiger charge is -2.02. The fraction of sp³-hybridized carbons (Fsp3) is 0.438. The predicted molar refractivity (Wildman–Crippen MR) is 81.8 cm³/mol. The van der Waals surface area contributed by atoms with Crippen LogP contribution in [0.4, 0.5) is 0 Å². The third-order valence-electron chi connectivity index (χ3n) is 3.86. The number of hydrogen-bond acceptors (Lipinski definition) is 3. The molecule has 1 heterocycles. The molecule has 0 amide bonds. The van der Waals surface area contributed by atoms with Gasteiger partial charge in [-0.05, 0) is 32.9 Å². The molecule has 0 bridgehead atoms. The van der Waals surface area contributed by atoms with Gasteiger partial charge in [-0.3, -0.25) is 0 Å². The van der Waals surface area contributed by atoms with Gasteiger partial charge in [0.1, 0.15) is 0 Å². The molecule has 0 radical (unpaired) electrons. The van der Waals surface area contributed by atoms with E-state index < -0.39 is 0 Å². The van der Waals surface area contributed by atoms with E-state index in [1.807, 2.05) is 18.4 Å². The number of benzene rings is 1. The Hall–Kier alpha value is -1.19. The zero-order chi connectivity index (χ0) is 13.3. The molecule has 1 N–H and O–H groups in total. The maximum Gasteiger partial charge on any atom is 0.0994 e. The molecule has 1 fully saturated rings. The number of thiazole rings is 1. The average molecular weight is 272 g/mol. The van der Waals surface area contributed by atoms with Gasteiger partial charge in [0, 0.05) is 15.9 Å². The van der Waals surface area contributed by atoms with Crippen molar-refractivity contribution in [3.05, 3.63) is 40.2 Å². The zero-order valence-corrected chi connectivity index (χ0v) is 12.4. The average Bonchev–Trinajstić information content (AvgIpc) is 3.05. The Morgan fingerprint density at radius 1 is 1.26 bits per heavy atom. The van der Waals surface area contributed by atoms with Gasteiger partial charge in [0.05, 0.1) is 10.7 Å². The summed E-state index contributed by atoms with van der Waals surface area (Å²) < 4.78 is 0. The molecule has 1 aliphatic rings. The number of likely N-dealkylation sites (N-methyl/N-ethyl adjacent to an activating group) is 1. The number of rotatable bonds is 5. The van der Waals surface area contributed by atoms with Gasteiger partial charge in [-0.25, -0.2) is 4.98 Å². The quantitative estimate of drug-likeness (QED) is 0.899. The second-order valence-corrected chi connectivity index (χ2v) is 6.65. The van der Waals surface area contributed by atoms with Gasteiger partial charge in [-0.2, -0.15) is 0 Å². The van der Waals surface area contributed by atoms with Crippen molar-refractivity contribution < 1.29 is 0 Å². The minimum absolute atomic E-state index is 0.367. The predicted octanol–water partition coefficient (Wildman–Crippen LogP) is 3.62. The van der Waals surface area contributed by atoms with E-state index in [0.29, 0.717) is 5.41 Å². The number of hydrogen-bond donors (Lipinski definition) is 1. The molecule has 0 unspecified atom stereocenters. The highest BCUT2D eigenvalue weighted by Gasteiger charge is 2.42. The summed E-state index contributed by atoms with van der Waals surface area (Å²) in [5.74, 6) is 0. The van der Waals surface area contributed by atoms with Crippen LogP contribution in [0.5, 0.6) is 0 Å². The van der Waals surface area contributed by atoms with Crippen LogP contribution in [0.2, 0.25) is 0 Å². The van der Waals surface area contributed by atoms with Gasteiger partial charge in [0.25, 0.3) is 0 Å². The van der Waals surface area contributed by atoms with E-state index in [1.165, 1.54) is 34.0 Å². The fourth-order valence-corrected chi connectivity index (χ4v) is 3.53. The summed E-state index contributed by atoms with van der Waals surface area (Å²) in [6.07, 6.45) is 3.65. The van der Waals surface area contributed by atoms with Crippen LogP contribution in [0, 0.1) is 0 Å². The van der Waals surface area contributed by atoms with E-state index in [-0.39, 0.29) is 0 Å². The minimum Gasteiger partial charge on any atom is -0.319 e. The van der Waals surface area contributed by atoms with E-state index in [0.717, 1.165) is 13.0 Å². The second kappa shape index (κ2) is 5.06. The van der Waals surface area contributed by atoms with Gasteiger partial charge in [0.2, 0.25) is 0 Å². The molecule has 0 saturated heterocycles. The largest absolute Gasteiger partial charge is 0.319 e. The summed E-state index contributed by atoms with van der Waals surface area (Å²) in [7, 11) is 2.01. The molecule has 100 valence electrons. The Balaban J connectivity index is 1.98. The normalized spacial score (nSPS) is 16.5. The van der Waals surface area contributed by atoms with Crippen LogP contribution in [0.15, 0.2) is 30.3 Å². The van der Waals surface area contributed by atoms with Crippen molar-refractivity contribution >= 4 is 11.3 Å². The van der Waals surface area contributed by atoms with Crippen LogP contribution in [-0.4, -0.2) is 18.6 Å². The van der Waals surface area contributed by atoms with E-state index in [2.05, 4.69) is 42.6 Å². The Kier molecular flexibility index (Phi) is 3.42. The summed E-state index contributed by atoms with van der Waals surface area (Å²) in [5.41, 5.74) is 2.82. The van der Waals surface area contributed by atoms with Crippen LogP contribution in [-0.2, 0) is 11.8 Å². The summed E-state index contributed by atoms with van der Waals surface area (Å²) >= 11 is 1.91. The van der Waals surface area contributed by atoms with Crippen LogP contribution in [0.25, 0.3) is 11.3 Å². The van der Waals surface area contributed by atoms with E-state index in [4.69, 9.17) is 4.98 Å². The Bertz CT molecular complexity index is 555. The maximum absolute atomic E-state index is 4.96. The van der Waals surface area contributed by atoms with Crippen molar-refractivity contribution in [1.29, 1.82) is 0 Å². The minimum atomic E-state index is 0.367. The molecule has 2 aromatic rings. The molecule has 19 heavy (non-hydrogen) atoms. The molecular formula is C16H20N2S. The number of aromatic nitrogens is 1. The molecular weight excluding hydrogens is 252 g/mol. The molecule has 3 rings (SSSR count). The number of nitrogens with one attached hydrogen (secondary N) is 1. The fourth-order valence-electron chi connectivity index (χ4n) is 2.24. The van der Waals surface area contributed by atoms with Crippen molar-refractivity contribution in [2.45, 2.75) is 31.6 Å². The lowest BCUT2D eigenvalue weighted by molar-refractivity contribution is 0.777. The molecule has 0 aliphatic heterocycles. The highest BCUT2D eigenvalue weighted by Crippen LogP contribution is 2.50. The van der Waals surface area contributed by atoms with E-state index in [1.54, 1.807) is 0 Å². The highest BCUT2D eigenvalue weighted by atomic mass is 32.1. The first-order valence-corrected chi connectivity index (χ1v) is 7.75. The monoisotopic (exact) mass is 272 g/mol. The molecule has 1 saturated carbocycles. The lowest BCUT2D eigenvalue weighted by atomic mass is 10.1. The van der Waals surface area contributed by atoms with Crippen LogP contribution in [0.3, 0.4) is 0 Å². The van der Waals surface area contributed by atoms with Gasteiger partial charge in [-0.1, -0.05) is 37.3 Å². The molecule has 0 atom stereocenters. The highest BCUT2D eigenvalue weighted by molar-refractivity contribution is 7.12. The van der Waals surface area contributed by atoms with Crippen molar-refractivity contribution in [2.24, 2.45) is 0 Å². The van der Waals surface area contributed by atoms with E-state index in [9.17, 15) is 0 Å². The first-order chi connectivity index (χ1) is 9.23. The third-order valence-corrected chi connectivity index (χ3v) is 5.28. The van der Waals surface area contributed by atoms with Crippen molar-refractivity contribution in [3.63, 3.8) is 0 Å². The molecule has 0 spiro atoms. The molecule has 1 aliphatic carbocycles. The zero-order valence-electron chi connectivity index (χ0n) is 11.6. The van der Waals surface area contributed by atoms with Gasteiger partial charge in [0.15, 0.2) is 0 Å². The first kappa shape index (κ1) is 12.8. The van der Waals surface area contributed by atoms with Crippen LogP contribution in [0.1, 0.15) is 29.7 Å². The van der Waals surface area contributed by atoms with Crippen LogP contribution >= 0.6 is 11.3 Å². The van der Waals surface area contributed by atoms with Crippen molar-refractivity contribution in [3.8, 4) is 11.3 Å². The van der Waals surface area contributed by atoms with E-state index >= 15 is 0 Å². The lowest BCUT2D eigenvalue weighted by Crippen LogP contribution is -2.09. The summed E-state index contributed by atoms with van der Waals surface area (Å²) in [4.78, 5) is 6.38. The molecule has 1 aromatic carbocycles. The summed E-state index contributed by atoms with van der Waals surface area (Å²) in [5, 5.41) is 4.57. The van der Waals surface area contributed by atoms with Gasteiger partial charge in [-0.15, -0.1) is 11.3 Å². The SMILES string of the molecule is CNCCc1sc(C2(C)CC2)nc1-c1ccccc1. The Morgan fingerprint density at radius 2 is 2.00 bits per heavy atom. The topological polar surface area (TPSA) is 24.9 Å². The number of nitrogens with zero attached hydrogens (tertiary/aromatic N) is 1. The van der Waals surface area contributed by atoms with Crippen molar-refractivity contribution in [1.82, 2.24) is 10.3 Å². The smallest absolute Gasteiger partial charge is 0.0994 e. The maximum atomic E-state index is 4.96. The summed E-state index contributed by atoms with van der Waals surface area (Å²) in [6.45, 7) is 3.35.